The molecule has 1 saturated heterocycles. The molecule has 0 bridgehead atoms. The van der Waals surface area contributed by atoms with Crippen molar-refractivity contribution in [3.05, 3.63) is 36.1 Å². The van der Waals surface area contributed by atoms with E-state index in [1.807, 2.05) is 18.5 Å². The largest absolute Gasteiger partial charge is 0.383 e. The van der Waals surface area contributed by atoms with Crippen LogP contribution in [0.5, 0.6) is 0 Å². The molecule has 1 saturated carbocycles. The zero-order valence-corrected chi connectivity index (χ0v) is 13.2. The molecule has 0 radical (unpaired) electrons. The lowest BCUT2D eigenvalue weighted by atomic mass is 10.0. The lowest BCUT2D eigenvalue weighted by molar-refractivity contribution is 0.00136. The standard InChI is InChI=1S/C16H20N4OS/c1-2-13(11-17-5-1)19-10-12-3-4-14-15(12)21-8-7-20(14)16-18-6-9-22-16/h1-2,5-6,9,11-12,14-15,19H,3-4,7-8,10H2/t12?,14-,15-/m1/s1. The number of anilines is 2. The summed E-state index contributed by atoms with van der Waals surface area (Å²) in [5, 5.41) is 6.69. The molecule has 4 rings (SSSR count). The van der Waals surface area contributed by atoms with Gasteiger partial charge in [0.25, 0.3) is 0 Å². The van der Waals surface area contributed by atoms with Gasteiger partial charge in [-0.1, -0.05) is 0 Å². The molecule has 2 aromatic heterocycles. The monoisotopic (exact) mass is 316 g/mol. The quantitative estimate of drug-likeness (QED) is 0.940. The maximum absolute atomic E-state index is 6.11. The van der Waals surface area contributed by atoms with Crippen molar-refractivity contribution in [3.8, 4) is 0 Å². The van der Waals surface area contributed by atoms with Gasteiger partial charge in [-0.05, 0) is 25.0 Å². The van der Waals surface area contributed by atoms with Gasteiger partial charge in [-0.2, -0.15) is 0 Å². The summed E-state index contributed by atoms with van der Waals surface area (Å²) < 4.78 is 6.11. The van der Waals surface area contributed by atoms with Gasteiger partial charge in [-0.15, -0.1) is 11.3 Å². The van der Waals surface area contributed by atoms with Gasteiger partial charge in [0.1, 0.15) is 0 Å². The molecule has 6 heteroatoms. The van der Waals surface area contributed by atoms with Crippen LogP contribution in [0.2, 0.25) is 0 Å². The Morgan fingerprint density at radius 1 is 1.36 bits per heavy atom. The van der Waals surface area contributed by atoms with Crippen LogP contribution in [0.25, 0.3) is 0 Å². The Kier molecular flexibility index (Phi) is 3.95. The molecule has 1 N–H and O–H groups in total. The number of rotatable bonds is 4. The van der Waals surface area contributed by atoms with Crippen molar-refractivity contribution < 1.29 is 4.74 Å². The molecule has 2 fully saturated rings. The first-order chi connectivity index (χ1) is 10.9. The van der Waals surface area contributed by atoms with Gasteiger partial charge in [0, 0.05) is 43.0 Å². The van der Waals surface area contributed by atoms with E-state index in [4.69, 9.17) is 4.74 Å². The van der Waals surface area contributed by atoms with Gasteiger partial charge in [-0.25, -0.2) is 4.98 Å². The molecule has 1 aliphatic carbocycles. The average molecular weight is 316 g/mol. The van der Waals surface area contributed by atoms with E-state index in [0.717, 1.165) is 30.5 Å². The van der Waals surface area contributed by atoms with E-state index in [1.54, 1.807) is 17.5 Å². The first-order valence-electron chi connectivity index (χ1n) is 7.83. The van der Waals surface area contributed by atoms with Crippen LogP contribution in [0, 0.1) is 5.92 Å². The molecular formula is C16H20N4OS. The Morgan fingerprint density at radius 2 is 2.36 bits per heavy atom. The highest BCUT2D eigenvalue weighted by Crippen LogP contribution is 2.37. The topological polar surface area (TPSA) is 50.3 Å². The molecule has 3 heterocycles. The summed E-state index contributed by atoms with van der Waals surface area (Å²) in [6, 6.07) is 4.49. The zero-order chi connectivity index (χ0) is 14.8. The molecular weight excluding hydrogens is 296 g/mol. The van der Waals surface area contributed by atoms with Crippen LogP contribution < -0.4 is 10.2 Å². The molecule has 0 aromatic carbocycles. The van der Waals surface area contributed by atoms with Crippen LogP contribution in [0.1, 0.15) is 12.8 Å². The molecule has 0 spiro atoms. The summed E-state index contributed by atoms with van der Waals surface area (Å²) in [7, 11) is 0. The van der Waals surface area contributed by atoms with E-state index in [2.05, 4.69) is 31.6 Å². The van der Waals surface area contributed by atoms with Crippen LogP contribution in [0.15, 0.2) is 36.1 Å². The van der Waals surface area contributed by atoms with Crippen LogP contribution >= 0.6 is 11.3 Å². The van der Waals surface area contributed by atoms with Crippen molar-refractivity contribution in [3.63, 3.8) is 0 Å². The summed E-state index contributed by atoms with van der Waals surface area (Å²) in [5.74, 6) is 0.549. The van der Waals surface area contributed by atoms with Crippen LogP contribution in [0.4, 0.5) is 10.8 Å². The normalized spacial score (nSPS) is 27.6. The lowest BCUT2D eigenvalue weighted by Gasteiger charge is -2.39. The number of fused-ring (bicyclic) bond motifs is 1. The molecule has 116 valence electrons. The van der Waals surface area contributed by atoms with Crippen LogP contribution in [0.3, 0.4) is 0 Å². The summed E-state index contributed by atoms with van der Waals surface area (Å²) in [5.41, 5.74) is 1.08. The maximum atomic E-state index is 6.11. The van der Waals surface area contributed by atoms with E-state index < -0.39 is 0 Å². The second-order valence-electron chi connectivity index (χ2n) is 5.87. The van der Waals surface area contributed by atoms with Gasteiger partial charge in [-0.3, -0.25) is 4.98 Å². The number of nitrogens with one attached hydrogen (secondary N) is 1. The number of pyridine rings is 1. The highest BCUT2D eigenvalue weighted by Gasteiger charge is 2.43. The van der Waals surface area contributed by atoms with Gasteiger partial charge >= 0.3 is 0 Å². The Morgan fingerprint density at radius 3 is 3.18 bits per heavy atom. The first kappa shape index (κ1) is 14.0. The van der Waals surface area contributed by atoms with E-state index in [0.29, 0.717) is 18.1 Å². The van der Waals surface area contributed by atoms with E-state index in [9.17, 15) is 0 Å². The molecule has 1 unspecified atom stereocenters. The molecule has 1 aliphatic heterocycles. The van der Waals surface area contributed by atoms with Gasteiger partial charge in [0.2, 0.25) is 0 Å². The fraction of sp³-hybridized carbons (Fsp3) is 0.500. The number of thiazole rings is 1. The Labute approximate surface area is 134 Å². The smallest absolute Gasteiger partial charge is 0.185 e. The number of nitrogens with zero attached hydrogens (tertiary/aromatic N) is 3. The molecule has 5 nitrogen and oxygen atoms in total. The second kappa shape index (κ2) is 6.22. The van der Waals surface area contributed by atoms with Crippen LogP contribution in [-0.2, 0) is 4.74 Å². The molecule has 0 amide bonds. The Balaban J connectivity index is 1.42. The van der Waals surface area contributed by atoms with E-state index in [-0.39, 0.29) is 0 Å². The molecule has 2 aliphatic rings. The fourth-order valence-electron chi connectivity index (χ4n) is 3.59. The van der Waals surface area contributed by atoms with Crippen LogP contribution in [-0.4, -0.2) is 41.8 Å². The third kappa shape index (κ3) is 2.68. The molecule has 3 atom stereocenters. The van der Waals surface area contributed by atoms with E-state index >= 15 is 0 Å². The highest BCUT2D eigenvalue weighted by atomic mass is 32.1. The van der Waals surface area contributed by atoms with Gasteiger partial charge in [0.05, 0.1) is 24.4 Å². The fourth-order valence-corrected chi connectivity index (χ4v) is 4.32. The third-order valence-electron chi connectivity index (χ3n) is 4.61. The molecule has 2 aromatic rings. The van der Waals surface area contributed by atoms with Crippen molar-refractivity contribution in [1.82, 2.24) is 9.97 Å². The predicted molar refractivity (Wildman–Crippen MR) is 88.4 cm³/mol. The number of ether oxygens (including phenoxy) is 1. The lowest BCUT2D eigenvalue weighted by Crippen LogP contribution is -2.51. The maximum Gasteiger partial charge on any atom is 0.185 e. The number of hydrogen-bond acceptors (Lipinski definition) is 6. The predicted octanol–water partition coefficient (Wildman–Crippen LogP) is 2.63. The zero-order valence-electron chi connectivity index (χ0n) is 12.4. The highest BCUT2D eigenvalue weighted by molar-refractivity contribution is 7.13. The minimum Gasteiger partial charge on any atom is -0.383 e. The van der Waals surface area contributed by atoms with Crippen molar-refractivity contribution >= 4 is 22.2 Å². The number of aromatic nitrogens is 2. The van der Waals surface area contributed by atoms with Crippen molar-refractivity contribution in [1.29, 1.82) is 0 Å². The number of morpholine rings is 1. The first-order valence-corrected chi connectivity index (χ1v) is 8.71. The minimum atomic E-state index is 0.307. The Hall–Kier alpha value is -1.66. The average Bonchev–Trinajstić information content (AvgIpc) is 3.23. The van der Waals surface area contributed by atoms with Gasteiger partial charge in [0.15, 0.2) is 5.13 Å². The molecule has 22 heavy (non-hydrogen) atoms. The SMILES string of the molecule is c1cncc(NCC2CC[C@@H]3[C@@H]2OCCN3c2nccs2)c1. The third-order valence-corrected chi connectivity index (χ3v) is 5.42. The van der Waals surface area contributed by atoms with E-state index in [1.165, 1.54) is 12.8 Å². The summed E-state index contributed by atoms with van der Waals surface area (Å²) in [6.45, 7) is 2.69. The van der Waals surface area contributed by atoms with Crippen molar-refractivity contribution in [2.24, 2.45) is 5.92 Å². The van der Waals surface area contributed by atoms with Crippen molar-refractivity contribution in [2.75, 3.05) is 29.9 Å². The minimum absolute atomic E-state index is 0.307. The summed E-state index contributed by atoms with van der Waals surface area (Å²) in [6.07, 6.45) is 8.25. The number of hydrogen-bond donors (Lipinski definition) is 1. The van der Waals surface area contributed by atoms with Crippen molar-refractivity contribution in [2.45, 2.75) is 25.0 Å². The summed E-state index contributed by atoms with van der Waals surface area (Å²) >= 11 is 1.73. The second-order valence-corrected chi connectivity index (χ2v) is 6.74. The van der Waals surface area contributed by atoms with Gasteiger partial charge < -0.3 is 15.0 Å². The Bertz CT molecular complexity index is 591. The summed E-state index contributed by atoms with van der Waals surface area (Å²) in [4.78, 5) is 11.1.